The van der Waals surface area contributed by atoms with Gasteiger partial charge in [0.25, 0.3) is 0 Å². The third kappa shape index (κ3) is 3.78. The zero-order valence-electron chi connectivity index (χ0n) is 12.4. The van der Waals surface area contributed by atoms with E-state index in [1.165, 1.54) is 6.92 Å². The van der Waals surface area contributed by atoms with Gasteiger partial charge in [0.05, 0.1) is 5.52 Å². The fraction of sp³-hybridized carbons (Fsp3) is 0.312. The summed E-state index contributed by atoms with van der Waals surface area (Å²) >= 11 is 0. The number of carbonyl (C=O) groups excluding carboxylic acids is 2. The molecular formula is C16H19N3O2. The number of benzene rings is 1. The summed E-state index contributed by atoms with van der Waals surface area (Å²) in [6, 6.07) is 10.8. The number of aromatic nitrogens is 1. The molecule has 0 spiro atoms. The Morgan fingerprint density at radius 1 is 1.10 bits per heavy atom. The van der Waals surface area contributed by atoms with Crippen molar-refractivity contribution in [2.75, 3.05) is 5.32 Å². The van der Waals surface area contributed by atoms with Gasteiger partial charge in [-0.3, -0.25) is 9.59 Å². The topological polar surface area (TPSA) is 71.1 Å². The van der Waals surface area contributed by atoms with E-state index in [9.17, 15) is 9.59 Å². The second kappa shape index (κ2) is 6.35. The van der Waals surface area contributed by atoms with Crippen LogP contribution in [-0.2, 0) is 9.59 Å². The smallest absolute Gasteiger partial charge is 0.248 e. The zero-order valence-corrected chi connectivity index (χ0v) is 12.4. The molecule has 2 N–H and O–H groups in total. The highest BCUT2D eigenvalue weighted by atomic mass is 16.2. The number of rotatable bonds is 4. The molecule has 21 heavy (non-hydrogen) atoms. The molecule has 0 fully saturated rings. The third-order valence-electron chi connectivity index (χ3n) is 3.16. The Hall–Kier alpha value is -2.43. The molecule has 1 aromatic carbocycles. The zero-order chi connectivity index (χ0) is 15.4. The average molecular weight is 285 g/mol. The van der Waals surface area contributed by atoms with Crippen LogP contribution in [0.4, 0.5) is 5.82 Å². The molecule has 0 saturated heterocycles. The van der Waals surface area contributed by atoms with Crippen LogP contribution in [0.15, 0.2) is 36.4 Å². The van der Waals surface area contributed by atoms with Crippen LogP contribution in [0.5, 0.6) is 0 Å². The van der Waals surface area contributed by atoms with Crippen LogP contribution in [0.2, 0.25) is 0 Å². The summed E-state index contributed by atoms with van der Waals surface area (Å²) in [6.07, 6.45) is 0. The van der Waals surface area contributed by atoms with Crippen molar-refractivity contribution in [2.24, 2.45) is 5.92 Å². The van der Waals surface area contributed by atoms with Gasteiger partial charge in [-0.2, -0.15) is 0 Å². The molecule has 110 valence electrons. The molecule has 2 amide bonds. The minimum atomic E-state index is -0.573. The fourth-order valence-electron chi connectivity index (χ4n) is 2.09. The van der Waals surface area contributed by atoms with Gasteiger partial charge in [-0.05, 0) is 24.1 Å². The second-order valence-corrected chi connectivity index (χ2v) is 5.30. The van der Waals surface area contributed by atoms with E-state index in [1.807, 2.05) is 44.2 Å². The number of carbonyl (C=O) groups is 2. The van der Waals surface area contributed by atoms with E-state index >= 15 is 0 Å². The van der Waals surface area contributed by atoms with E-state index in [4.69, 9.17) is 0 Å². The Labute approximate surface area is 123 Å². The molecule has 2 rings (SSSR count). The van der Waals surface area contributed by atoms with Gasteiger partial charge in [0.15, 0.2) is 0 Å². The summed E-state index contributed by atoms with van der Waals surface area (Å²) in [5.41, 5.74) is 0.816. The molecule has 0 aliphatic carbocycles. The van der Waals surface area contributed by atoms with Crippen LogP contribution in [0, 0.1) is 5.92 Å². The van der Waals surface area contributed by atoms with Crippen molar-refractivity contribution in [3.8, 4) is 0 Å². The summed E-state index contributed by atoms with van der Waals surface area (Å²) in [6.45, 7) is 5.17. The Morgan fingerprint density at radius 2 is 1.81 bits per heavy atom. The van der Waals surface area contributed by atoms with Gasteiger partial charge in [-0.1, -0.05) is 32.0 Å². The Morgan fingerprint density at radius 3 is 2.48 bits per heavy atom. The van der Waals surface area contributed by atoms with Gasteiger partial charge in [-0.25, -0.2) is 4.98 Å². The van der Waals surface area contributed by atoms with Crippen LogP contribution in [0.25, 0.3) is 10.9 Å². The SMILES string of the molecule is CC(=O)N[C@H](C(=O)Nc1ccc2ccccc2n1)C(C)C. The van der Waals surface area contributed by atoms with Crippen molar-refractivity contribution in [2.45, 2.75) is 26.8 Å². The van der Waals surface area contributed by atoms with Crippen molar-refractivity contribution in [1.82, 2.24) is 10.3 Å². The maximum Gasteiger partial charge on any atom is 0.248 e. The van der Waals surface area contributed by atoms with Gasteiger partial charge >= 0.3 is 0 Å². The van der Waals surface area contributed by atoms with Crippen LogP contribution in [0.1, 0.15) is 20.8 Å². The molecule has 0 aliphatic rings. The molecule has 5 heteroatoms. The van der Waals surface area contributed by atoms with Gasteiger partial charge in [0.2, 0.25) is 11.8 Å². The van der Waals surface area contributed by atoms with Crippen molar-refractivity contribution in [3.63, 3.8) is 0 Å². The predicted octanol–water partition coefficient (Wildman–Crippen LogP) is 2.33. The fourth-order valence-corrected chi connectivity index (χ4v) is 2.09. The number of hydrogen-bond acceptors (Lipinski definition) is 3. The minimum absolute atomic E-state index is 0.00523. The van der Waals surface area contributed by atoms with E-state index in [0.29, 0.717) is 5.82 Å². The first-order chi connectivity index (χ1) is 9.97. The highest BCUT2D eigenvalue weighted by Crippen LogP contribution is 2.15. The maximum absolute atomic E-state index is 12.3. The van der Waals surface area contributed by atoms with E-state index in [2.05, 4.69) is 15.6 Å². The lowest BCUT2D eigenvalue weighted by molar-refractivity contribution is -0.126. The highest BCUT2D eigenvalue weighted by molar-refractivity contribution is 5.97. The molecule has 5 nitrogen and oxygen atoms in total. The maximum atomic E-state index is 12.3. The molecule has 0 unspecified atom stereocenters. The lowest BCUT2D eigenvalue weighted by atomic mass is 10.0. The monoisotopic (exact) mass is 285 g/mol. The molecule has 0 radical (unpaired) electrons. The second-order valence-electron chi connectivity index (χ2n) is 5.30. The molecular weight excluding hydrogens is 266 g/mol. The van der Waals surface area contributed by atoms with Crippen molar-refractivity contribution >= 4 is 28.5 Å². The number of amides is 2. The lowest BCUT2D eigenvalue weighted by Gasteiger charge is -2.20. The quantitative estimate of drug-likeness (QED) is 0.905. The number of pyridine rings is 1. The van der Waals surface area contributed by atoms with Gasteiger partial charge in [-0.15, -0.1) is 0 Å². The summed E-state index contributed by atoms with van der Waals surface area (Å²) in [5, 5.41) is 6.43. The van der Waals surface area contributed by atoms with Crippen molar-refractivity contribution in [3.05, 3.63) is 36.4 Å². The summed E-state index contributed by atoms with van der Waals surface area (Å²) in [4.78, 5) is 27.8. The number of hydrogen-bond donors (Lipinski definition) is 2. The summed E-state index contributed by atoms with van der Waals surface area (Å²) in [5.74, 6) is -0.0117. The molecule has 0 aliphatic heterocycles. The Kier molecular flexibility index (Phi) is 4.52. The molecule has 1 aromatic heterocycles. The van der Waals surface area contributed by atoms with Gasteiger partial charge in [0.1, 0.15) is 11.9 Å². The number of nitrogens with one attached hydrogen (secondary N) is 2. The van der Waals surface area contributed by atoms with E-state index < -0.39 is 6.04 Å². The Balaban J connectivity index is 2.17. The summed E-state index contributed by atoms with van der Waals surface area (Å²) < 4.78 is 0. The summed E-state index contributed by atoms with van der Waals surface area (Å²) in [7, 11) is 0. The van der Waals surface area contributed by atoms with E-state index in [1.54, 1.807) is 6.07 Å². The normalized spacial score (nSPS) is 12.2. The third-order valence-corrected chi connectivity index (χ3v) is 3.16. The predicted molar refractivity (Wildman–Crippen MR) is 82.8 cm³/mol. The number of anilines is 1. The molecule has 1 atom stereocenters. The standard InChI is InChI=1S/C16H19N3O2/c1-10(2)15(17-11(3)20)16(21)19-14-9-8-12-6-4-5-7-13(12)18-14/h4-10,15H,1-3H3,(H,17,20)(H,18,19,21)/t15-/m0/s1. The first-order valence-corrected chi connectivity index (χ1v) is 6.91. The van der Waals surface area contributed by atoms with Crippen LogP contribution in [0.3, 0.4) is 0 Å². The van der Waals surface area contributed by atoms with Gasteiger partial charge < -0.3 is 10.6 Å². The first-order valence-electron chi connectivity index (χ1n) is 6.91. The largest absolute Gasteiger partial charge is 0.344 e. The number of para-hydroxylation sites is 1. The van der Waals surface area contributed by atoms with Gasteiger partial charge in [0, 0.05) is 12.3 Å². The number of nitrogens with zero attached hydrogens (tertiary/aromatic N) is 1. The van der Waals surface area contributed by atoms with E-state index in [0.717, 1.165) is 10.9 Å². The van der Waals surface area contributed by atoms with Crippen molar-refractivity contribution in [1.29, 1.82) is 0 Å². The van der Waals surface area contributed by atoms with Crippen LogP contribution >= 0.6 is 0 Å². The molecule has 2 aromatic rings. The van der Waals surface area contributed by atoms with Crippen LogP contribution in [-0.4, -0.2) is 22.8 Å². The molecule has 0 saturated carbocycles. The first kappa shape index (κ1) is 15.0. The number of fused-ring (bicyclic) bond motifs is 1. The Bertz CT molecular complexity index is 667. The van der Waals surface area contributed by atoms with Crippen molar-refractivity contribution < 1.29 is 9.59 Å². The lowest BCUT2D eigenvalue weighted by Crippen LogP contribution is -2.46. The minimum Gasteiger partial charge on any atom is -0.344 e. The molecule has 1 heterocycles. The van der Waals surface area contributed by atoms with E-state index in [-0.39, 0.29) is 17.7 Å². The van der Waals surface area contributed by atoms with Crippen LogP contribution < -0.4 is 10.6 Å². The molecule has 0 bridgehead atoms. The average Bonchev–Trinajstić information content (AvgIpc) is 2.44. The highest BCUT2D eigenvalue weighted by Gasteiger charge is 2.23.